The quantitative estimate of drug-likeness (QED) is 0.590. The van der Waals surface area contributed by atoms with Crippen molar-refractivity contribution in [1.29, 1.82) is 0 Å². The van der Waals surface area contributed by atoms with Crippen molar-refractivity contribution >= 4 is 33.5 Å². The number of anilines is 1. The molecule has 172 valence electrons. The number of hydrogen-bond acceptors (Lipinski definition) is 8. The van der Waals surface area contributed by atoms with Crippen LogP contribution in [0.15, 0.2) is 30.5 Å². The predicted molar refractivity (Wildman–Crippen MR) is 128 cm³/mol. The molecule has 3 aliphatic heterocycles. The Hall–Kier alpha value is -2.55. The van der Waals surface area contributed by atoms with Crippen LogP contribution in [0.4, 0.5) is 5.00 Å². The molecule has 33 heavy (non-hydrogen) atoms. The van der Waals surface area contributed by atoms with Crippen LogP contribution in [0.3, 0.4) is 0 Å². The molecule has 0 bridgehead atoms. The number of pyridine rings is 1. The number of cyclic esters (lactones) is 1. The van der Waals surface area contributed by atoms with Crippen LogP contribution in [-0.4, -0.2) is 58.1 Å². The molecule has 1 spiro atoms. The minimum Gasteiger partial charge on any atom is -0.457 e. The zero-order valence-corrected chi connectivity index (χ0v) is 19.6. The number of benzene rings is 1. The average molecular weight is 465 g/mol. The molecule has 5 heterocycles. The van der Waals surface area contributed by atoms with Gasteiger partial charge in [-0.1, -0.05) is 6.07 Å². The predicted octanol–water partition coefficient (Wildman–Crippen LogP) is 3.70. The number of carbonyl (C=O) groups excluding carboxylic acids is 1. The fraction of sp³-hybridized carbons (Fsp3) is 0.480. The Balaban J connectivity index is 1.09. The molecule has 0 saturated carbocycles. The summed E-state index contributed by atoms with van der Waals surface area (Å²) in [7, 11) is 0. The van der Waals surface area contributed by atoms with E-state index >= 15 is 0 Å². The number of esters is 1. The van der Waals surface area contributed by atoms with Gasteiger partial charge in [-0.25, -0.2) is 9.78 Å². The second-order valence-electron chi connectivity index (χ2n) is 9.73. The van der Waals surface area contributed by atoms with E-state index in [0.717, 1.165) is 66.7 Å². The van der Waals surface area contributed by atoms with Crippen LogP contribution in [0.5, 0.6) is 0 Å². The first-order chi connectivity index (χ1) is 16.0. The molecular formula is C25H28N4O3S. The Morgan fingerprint density at radius 1 is 1.21 bits per heavy atom. The average Bonchev–Trinajstić information content (AvgIpc) is 3.53. The molecule has 1 atom stereocenters. The molecule has 8 heteroatoms. The van der Waals surface area contributed by atoms with Crippen molar-refractivity contribution in [2.75, 3.05) is 37.6 Å². The van der Waals surface area contributed by atoms with Crippen LogP contribution >= 0.6 is 11.5 Å². The fourth-order valence-corrected chi connectivity index (χ4v) is 6.65. The lowest BCUT2D eigenvalue weighted by atomic mass is 9.77. The summed E-state index contributed by atoms with van der Waals surface area (Å²) in [5, 5.41) is 13.4. The van der Waals surface area contributed by atoms with Gasteiger partial charge >= 0.3 is 5.97 Å². The van der Waals surface area contributed by atoms with E-state index in [2.05, 4.69) is 25.2 Å². The molecule has 3 aromatic rings. The van der Waals surface area contributed by atoms with Crippen molar-refractivity contribution in [3.8, 4) is 0 Å². The standard InChI is InChI=1S/C25H28N4O3S/c1-16-17(4-5-18-20(16)14-32-24(18)31)21(30)13-28-10-6-25(7-11-28)8-12-29(15-25)23-19-3-2-9-26-22(19)27-33-23/h2-5,9,21,30H,6-8,10-15H2,1H3. The number of hydrogen-bond donors (Lipinski definition) is 1. The molecule has 3 aliphatic rings. The maximum absolute atomic E-state index is 11.8. The van der Waals surface area contributed by atoms with Gasteiger partial charge in [0.2, 0.25) is 0 Å². The number of fused-ring (bicyclic) bond motifs is 2. The summed E-state index contributed by atoms with van der Waals surface area (Å²) in [5.41, 5.74) is 4.65. The van der Waals surface area contributed by atoms with Gasteiger partial charge in [-0.3, -0.25) is 0 Å². The third-order valence-corrected chi connectivity index (χ3v) is 8.79. The zero-order chi connectivity index (χ0) is 22.6. The molecule has 1 aromatic carbocycles. The van der Waals surface area contributed by atoms with E-state index < -0.39 is 6.10 Å². The highest BCUT2D eigenvalue weighted by molar-refractivity contribution is 7.11. The number of ether oxygens (including phenoxy) is 1. The monoisotopic (exact) mass is 464 g/mol. The van der Waals surface area contributed by atoms with E-state index in [1.54, 1.807) is 23.8 Å². The topological polar surface area (TPSA) is 78.8 Å². The maximum atomic E-state index is 11.8. The molecule has 2 saturated heterocycles. The number of piperidine rings is 1. The van der Waals surface area contributed by atoms with Crippen LogP contribution in [0, 0.1) is 12.3 Å². The van der Waals surface area contributed by atoms with E-state index in [0.29, 0.717) is 24.1 Å². The number of nitrogens with zero attached hydrogens (tertiary/aromatic N) is 4. The first-order valence-corrected chi connectivity index (χ1v) is 12.5. The molecule has 1 unspecified atom stereocenters. The largest absolute Gasteiger partial charge is 0.457 e. The Kier molecular flexibility index (Phi) is 5.12. The van der Waals surface area contributed by atoms with Gasteiger partial charge in [0.15, 0.2) is 5.65 Å². The highest BCUT2D eigenvalue weighted by Gasteiger charge is 2.41. The van der Waals surface area contributed by atoms with Crippen LogP contribution in [0.1, 0.15) is 52.4 Å². The molecule has 0 radical (unpaired) electrons. The second kappa shape index (κ2) is 8.04. The first kappa shape index (κ1) is 21.0. The van der Waals surface area contributed by atoms with Crippen LogP contribution in [0.25, 0.3) is 11.0 Å². The highest BCUT2D eigenvalue weighted by Crippen LogP contribution is 2.44. The minimum absolute atomic E-state index is 0.260. The van der Waals surface area contributed by atoms with Crippen molar-refractivity contribution in [1.82, 2.24) is 14.3 Å². The van der Waals surface area contributed by atoms with Crippen molar-refractivity contribution in [3.63, 3.8) is 0 Å². The number of aliphatic hydroxyl groups excluding tert-OH is 1. The lowest BCUT2D eigenvalue weighted by Crippen LogP contribution is -2.43. The highest BCUT2D eigenvalue weighted by atomic mass is 32.1. The molecule has 2 aromatic heterocycles. The number of likely N-dealkylation sites (tertiary alicyclic amines) is 1. The van der Waals surface area contributed by atoms with Gasteiger partial charge in [0.25, 0.3) is 0 Å². The summed E-state index contributed by atoms with van der Waals surface area (Å²) >= 11 is 1.56. The Morgan fingerprint density at radius 3 is 2.88 bits per heavy atom. The lowest BCUT2D eigenvalue weighted by Gasteiger charge is -2.40. The molecule has 7 nitrogen and oxygen atoms in total. The summed E-state index contributed by atoms with van der Waals surface area (Å²) in [6.07, 6.45) is 4.75. The number of rotatable bonds is 4. The zero-order valence-electron chi connectivity index (χ0n) is 18.8. The maximum Gasteiger partial charge on any atom is 0.338 e. The van der Waals surface area contributed by atoms with E-state index in [1.165, 1.54) is 11.4 Å². The van der Waals surface area contributed by atoms with Crippen LogP contribution in [-0.2, 0) is 11.3 Å². The molecule has 0 aliphatic carbocycles. The molecule has 6 rings (SSSR count). The van der Waals surface area contributed by atoms with Gasteiger partial charge in [-0.15, -0.1) is 0 Å². The Bertz CT molecular complexity index is 1220. The SMILES string of the molecule is Cc1c(C(O)CN2CCC3(CC2)CCN(c2snc4ncccc24)C3)ccc2c1COC2=O. The number of aliphatic hydroxyl groups is 1. The van der Waals surface area contributed by atoms with Crippen LogP contribution < -0.4 is 4.90 Å². The number of aromatic nitrogens is 2. The van der Waals surface area contributed by atoms with E-state index in [4.69, 9.17) is 4.74 Å². The summed E-state index contributed by atoms with van der Waals surface area (Å²) in [6, 6.07) is 7.80. The third-order valence-electron chi connectivity index (χ3n) is 7.88. The first-order valence-electron chi connectivity index (χ1n) is 11.7. The van der Waals surface area contributed by atoms with Gasteiger partial charge < -0.3 is 19.6 Å². The lowest BCUT2D eigenvalue weighted by molar-refractivity contribution is 0.0534. The second-order valence-corrected chi connectivity index (χ2v) is 10.5. The van der Waals surface area contributed by atoms with Gasteiger partial charge in [0, 0.05) is 31.4 Å². The summed E-state index contributed by atoms with van der Waals surface area (Å²) in [4.78, 5) is 21.1. The van der Waals surface area contributed by atoms with E-state index in [9.17, 15) is 9.90 Å². The summed E-state index contributed by atoms with van der Waals surface area (Å²) in [5.74, 6) is -0.260. The van der Waals surface area contributed by atoms with Crippen molar-refractivity contribution in [2.45, 2.75) is 38.9 Å². The third kappa shape index (κ3) is 3.61. The summed E-state index contributed by atoms with van der Waals surface area (Å²) in [6.45, 7) is 7.07. The Labute approximate surface area is 197 Å². The van der Waals surface area contributed by atoms with Crippen LogP contribution in [0.2, 0.25) is 0 Å². The van der Waals surface area contributed by atoms with Gasteiger partial charge in [0.1, 0.15) is 11.6 Å². The fourth-order valence-electron chi connectivity index (χ4n) is 5.80. The summed E-state index contributed by atoms with van der Waals surface area (Å²) < 4.78 is 9.69. The molecule has 2 fully saturated rings. The van der Waals surface area contributed by atoms with Gasteiger partial charge in [-0.05, 0) is 85.5 Å². The molecule has 0 amide bonds. The number of β-amino-alcohol motifs (C(OH)–C–C–N with tert-alkyl or cyclic N) is 1. The van der Waals surface area contributed by atoms with E-state index in [1.807, 2.05) is 19.1 Å². The Morgan fingerprint density at radius 2 is 2.03 bits per heavy atom. The normalized spacial score (nSPS) is 21.0. The van der Waals surface area contributed by atoms with Crippen molar-refractivity contribution < 1.29 is 14.6 Å². The van der Waals surface area contributed by atoms with Gasteiger partial charge in [-0.2, -0.15) is 4.37 Å². The van der Waals surface area contributed by atoms with Crippen molar-refractivity contribution in [2.24, 2.45) is 5.41 Å². The van der Waals surface area contributed by atoms with E-state index in [-0.39, 0.29) is 5.97 Å². The minimum atomic E-state index is -0.559. The number of carbonyl (C=O) groups is 1. The molecule has 1 N–H and O–H groups in total. The van der Waals surface area contributed by atoms with Crippen molar-refractivity contribution in [3.05, 3.63) is 52.7 Å². The van der Waals surface area contributed by atoms with Gasteiger partial charge in [0.05, 0.1) is 17.1 Å². The molecular weight excluding hydrogens is 436 g/mol. The smallest absolute Gasteiger partial charge is 0.338 e.